The molecule has 0 atom stereocenters. The Bertz CT molecular complexity index is 126. The van der Waals surface area contributed by atoms with E-state index in [4.69, 9.17) is 16.4 Å². The molecule has 10 heavy (non-hydrogen) atoms. The Balaban J connectivity index is 3.56. The minimum Gasteiger partial charge on any atom is -0.271 e. The first-order chi connectivity index (χ1) is 4.45. The average molecular weight is 164 g/mol. The van der Waals surface area contributed by atoms with Crippen LogP contribution < -0.4 is 5.48 Å². The van der Waals surface area contributed by atoms with Crippen molar-refractivity contribution in [2.45, 2.75) is 33.3 Å². The van der Waals surface area contributed by atoms with E-state index in [0.717, 1.165) is 5.70 Å². The van der Waals surface area contributed by atoms with Crippen LogP contribution >= 0.6 is 11.6 Å². The number of hydrogen-bond donors (Lipinski definition) is 1. The van der Waals surface area contributed by atoms with Gasteiger partial charge in [0.05, 0.1) is 5.60 Å². The van der Waals surface area contributed by atoms with E-state index in [1.165, 1.54) is 5.54 Å². The fraction of sp³-hybridized carbons (Fsp3) is 0.714. The van der Waals surface area contributed by atoms with Crippen LogP contribution in [0.2, 0.25) is 0 Å². The van der Waals surface area contributed by atoms with Crippen LogP contribution in [0, 0.1) is 0 Å². The second-order valence-electron chi connectivity index (χ2n) is 3.11. The van der Waals surface area contributed by atoms with E-state index in [1.807, 2.05) is 27.7 Å². The van der Waals surface area contributed by atoms with Crippen molar-refractivity contribution in [2.75, 3.05) is 0 Å². The first-order valence-electron chi connectivity index (χ1n) is 3.17. The maximum Gasteiger partial charge on any atom is 0.0876 e. The molecule has 0 spiro atoms. The third-order valence-electron chi connectivity index (χ3n) is 0.682. The van der Waals surface area contributed by atoms with Crippen molar-refractivity contribution in [1.29, 1.82) is 0 Å². The van der Waals surface area contributed by atoms with Gasteiger partial charge in [0, 0.05) is 11.2 Å². The van der Waals surface area contributed by atoms with E-state index in [0.29, 0.717) is 0 Å². The standard InChI is InChI=1S/C7H14ClNO/c1-6(5-8)9-10-7(2,3)4/h5,9H,1-4H3. The van der Waals surface area contributed by atoms with Gasteiger partial charge in [0.15, 0.2) is 0 Å². The normalized spacial score (nSPS) is 13.5. The molecule has 0 heterocycles. The molecule has 0 aliphatic carbocycles. The quantitative estimate of drug-likeness (QED) is 0.632. The summed E-state index contributed by atoms with van der Waals surface area (Å²) in [6, 6.07) is 0. The summed E-state index contributed by atoms with van der Waals surface area (Å²) in [4.78, 5) is 5.18. The zero-order valence-corrected chi connectivity index (χ0v) is 7.62. The highest BCUT2D eigenvalue weighted by Crippen LogP contribution is 2.05. The molecule has 0 saturated carbocycles. The number of nitrogens with one attached hydrogen (secondary N) is 1. The zero-order valence-electron chi connectivity index (χ0n) is 6.86. The first-order valence-corrected chi connectivity index (χ1v) is 3.60. The fourth-order valence-electron chi connectivity index (χ4n) is 0.256. The summed E-state index contributed by atoms with van der Waals surface area (Å²) in [6.45, 7) is 7.71. The lowest BCUT2D eigenvalue weighted by Crippen LogP contribution is -2.27. The maximum absolute atomic E-state index is 5.38. The van der Waals surface area contributed by atoms with E-state index < -0.39 is 0 Å². The monoisotopic (exact) mass is 163 g/mol. The van der Waals surface area contributed by atoms with E-state index in [2.05, 4.69) is 5.48 Å². The number of rotatable bonds is 2. The average Bonchev–Trinajstić information content (AvgIpc) is 1.81. The molecule has 2 nitrogen and oxygen atoms in total. The molecule has 0 aliphatic rings. The zero-order chi connectivity index (χ0) is 8.20. The lowest BCUT2D eigenvalue weighted by atomic mass is 10.2. The maximum atomic E-state index is 5.38. The lowest BCUT2D eigenvalue weighted by Gasteiger charge is -2.19. The van der Waals surface area contributed by atoms with Crippen LogP contribution in [0.5, 0.6) is 0 Å². The Kier molecular flexibility index (Phi) is 3.76. The van der Waals surface area contributed by atoms with Gasteiger partial charge in [0.25, 0.3) is 0 Å². The topological polar surface area (TPSA) is 21.3 Å². The molecule has 0 aromatic heterocycles. The van der Waals surface area contributed by atoms with Gasteiger partial charge in [-0.3, -0.25) is 10.3 Å². The van der Waals surface area contributed by atoms with Crippen molar-refractivity contribution >= 4 is 11.6 Å². The van der Waals surface area contributed by atoms with E-state index in [-0.39, 0.29) is 5.60 Å². The van der Waals surface area contributed by atoms with Gasteiger partial charge >= 0.3 is 0 Å². The summed E-state index contributed by atoms with van der Waals surface area (Å²) < 4.78 is 0. The van der Waals surface area contributed by atoms with Gasteiger partial charge in [-0.25, -0.2) is 0 Å². The summed E-state index contributed by atoms with van der Waals surface area (Å²) in [5.41, 5.74) is 4.76. The van der Waals surface area contributed by atoms with Gasteiger partial charge in [-0.15, -0.1) is 0 Å². The van der Waals surface area contributed by atoms with Crippen molar-refractivity contribution in [3.63, 3.8) is 0 Å². The smallest absolute Gasteiger partial charge is 0.0876 e. The van der Waals surface area contributed by atoms with Crippen LogP contribution in [-0.2, 0) is 4.84 Å². The second kappa shape index (κ2) is 3.84. The van der Waals surface area contributed by atoms with Crippen molar-refractivity contribution in [3.8, 4) is 0 Å². The van der Waals surface area contributed by atoms with Crippen LogP contribution in [0.25, 0.3) is 0 Å². The summed E-state index contributed by atoms with van der Waals surface area (Å²) >= 11 is 5.38. The molecule has 0 bridgehead atoms. The molecule has 0 aromatic rings. The Labute approximate surface area is 67.2 Å². The Morgan fingerprint density at radius 2 is 2.00 bits per heavy atom. The molecule has 0 unspecified atom stereocenters. The highest BCUT2D eigenvalue weighted by atomic mass is 35.5. The van der Waals surface area contributed by atoms with E-state index in [1.54, 1.807) is 0 Å². The van der Waals surface area contributed by atoms with Crippen molar-refractivity contribution in [2.24, 2.45) is 0 Å². The van der Waals surface area contributed by atoms with Gasteiger partial charge in [-0.1, -0.05) is 11.6 Å². The number of allylic oxidation sites excluding steroid dienone is 1. The summed E-state index contributed by atoms with van der Waals surface area (Å²) in [5.74, 6) is 0. The Morgan fingerprint density at radius 1 is 1.50 bits per heavy atom. The SMILES string of the molecule is CC(=CCl)NOC(C)(C)C. The van der Waals surface area contributed by atoms with Gasteiger partial charge in [-0.05, 0) is 27.7 Å². The van der Waals surface area contributed by atoms with E-state index >= 15 is 0 Å². The largest absolute Gasteiger partial charge is 0.271 e. The molecule has 0 aliphatic heterocycles. The summed E-state index contributed by atoms with van der Waals surface area (Å²) in [6.07, 6.45) is 0. The van der Waals surface area contributed by atoms with Gasteiger partial charge in [0.1, 0.15) is 0 Å². The number of hydrogen-bond acceptors (Lipinski definition) is 2. The highest BCUT2D eigenvalue weighted by molar-refractivity contribution is 6.25. The van der Waals surface area contributed by atoms with Crippen LogP contribution in [0.1, 0.15) is 27.7 Å². The second-order valence-corrected chi connectivity index (χ2v) is 3.33. The molecule has 3 heteroatoms. The third kappa shape index (κ3) is 5.92. The van der Waals surface area contributed by atoms with Crippen LogP contribution in [-0.4, -0.2) is 5.60 Å². The lowest BCUT2D eigenvalue weighted by molar-refractivity contribution is -0.0576. The van der Waals surface area contributed by atoms with Crippen LogP contribution in [0.15, 0.2) is 11.2 Å². The predicted octanol–water partition coefficient (Wildman–Crippen LogP) is 2.41. The van der Waals surface area contributed by atoms with Crippen LogP contribution in [0.4, 0.5) is 0 Å². The fourth-order valence-corrected chi connectivity index (χ4v) is 0.300. The Hall–Kier alpha value is -0.210. The van der Waals surface area contributed by atoms with Crippen molar-refractivity contribution < 1.29 is 4.84 Å². The molecule has 60 valence electrons. The third-order valence-corrected chi connectivity index (χ3v) is 1.01. The molecule has 0 amide bonds. The molecular weight excluding hydrogens is 150 g/mol. The minimum absolute atomic E-state index is 0.179. The summed E-state index contributed by atoms with van der Waals surface area (Å²) in [7, 11) is 0. The molecule has 0 fully saturated rings. The minimum atomic E-state index is -0.179. The highest BCUT2D eigenvalue weighted by Gasteiger charge is 2.09. The van der Waals surface area contributed by atoms with Crippen molar-refractivity contribution in [3.05, 3.63) is 11.2 Å². The Morgan fingerprint density at radius 3 is 2.30 bits per heavy atom. The van der Waals surface area contributed by atoms with Gasteiger partial charge in [-0.2, -0.15) is 0 Å². The van der Waals surface area contributed by atoms with Gasteiger partial charge < -0.3 is 0 Å². The molecule has 0 rings (SSSR count). The number of halogens is 1. The van der Waals surface area contributed by atoms with Gasteiger partial charge in [0.2, 0.25) is 0 Å². The summed E-state index contributed by atoms with van der Waals surface area (Å²) in [5, 5.41) is 0. The molecule has 0 aromatic carbocycles. The first kappa shape index (κ1) is 9.79. The van der Waals surface area contributed by atoms with Crippen LogP contribution in [0.3, 0.4) is 0 Å². The van der Waals surface area contributed by atoms with Crippen molar-refractivity contribution in [1.82, 2.24) is 5.48 Å². The molecule has 1 N–H and O–H groups in total. The molecular formula is C7H14ClNO. The molecule has 0 saturated heterocycles. The molecule has 0 radical (unpaired) electrons. The predicted molar refractivity (Wildman–Crippen MR) is 43.6 cm³/mol. The number of hydroxylamine groups is 1. The van der Waals surface area contributed by atoms with E-state index in [9.17, 15) is 0 Å².